The summed E-state index contributed by atoms with van der Waals surface area (Å²) in [5.74, 6) is -0.0654. The van der Waals surface area contributed by atoms with Crippen LogP contribution in [-0.2, 0) is 14.3 Å². The summed E-state index contributed by atoms with van der Waals surface area (Å²) in [6, 6.07) is -0.553. The molecular formula is C60H115NO5. The number of esters is 1. The normalized spacial score (nSPS) is 12.7. The molecule has 6 heteroatoms. The molecule has 0 rings (SSSR count). The molecular weight excluding hydrogens is 815 g/mol. The summed E-state index contributed by atoms with van der Waals surface area (Å²) in [5.41, 5.74) is 0. The van der Waals surface area contributed by atoms with Gasteiger partial charge >= 0.3 is 5.97 Å². The van der Waals surface area contributed by atoms with Gasteiger partial charge < -0.3 is 20.3 Å². The molecule has 66 heavy (non-hydrogen) atoms. The van der Waals surface area contributed by atoms with Crippen LogP contribution in [-0.4, -0.2) is 47.4 Å². The van der Waals surface area contributed by atoms with Gasteiger partial charge in [-0.05, 0) is 51.4 Å². The molecule has 2 unspecified atom stereocenters. The van der Waals surface area contributed by atoms with Crippen LogP contribution in [0.5, 0.6) is 0 Å². The van der Waals surface area contributed by atoms with Gasteiger partial charge in [-0.25, -0.2) is 0 Å². The SMILES string of the molecule is CCC/C=C\C/C=C\CCCCCCCC(=O)OCCCCCCCCCCCCCCCC(=O)NC(CO)C(O)CCCCCCCCCCCCCCCCCCCCCCCCC. The third-order valence-electron chi connectivity index (χ3n) is 13.7. The fraction of sp³-hybridized carbons (Fsp3) is 0.900. The van der Waals surface area contributed by atoms with Gasteiger partial charge in [0.25, 0.3) is 0 Å². The molecule has 0 bridgehead atoms. The van der Waals surface area contributed by atoms with Gasteiger partial charge in [0.05, 0.1) is 25.4 Å². The van der Waals surface area contributed by atoms with E-state index in [9.17, 15) is 19.8 Å². The number of aliphatic hydroxyl groups is 2. The Morgan fingerprint density at radius 3 is 1.21 bits per heavy atom. The lowest BCUT2D eigenvalue weighted by molar-refractivity contribution is -0.143. The van der Waals surface area contributed by atoms with E-state index in [2.05, 4.69) is 43.5 Å². The maximum atomic E-state index is 12.5. The molecule has 0 aromatic rings. The number of carbonyl (C=O) groups is 2. The van der Waals surface area contributed by atoms with Crippen LogP contribution >= 0.6 is 0 Å². The zero-order chi connectivity index (χ0) is 47.9. The van der Waals surface area contributed by atoms with E-state index in [1.54, 1.807) is 0 Å². The minimum absolute atomic E-state index is 0.0200. The second-order valence-corrected chi connectivity index (χ2v) is 20.3. The van der Waals surface area contributed by atoms with E-state index in [0.717, 1.165) is 64.2 Å². The van der Waals surface area contributed by atoms with Crippen molar-refractivity contribution in [3.8, 4) is 0 Å². The number of hydrogen-bond acceptors (Lipinski definition) is 5. The average Bonchev–Trinajstić information content (AvgIpc) is 3.32. The Morgan fingerprint density at radius 1 is 0.424 bits per heavy atom. The molecule has 0 saturated carbocycles. The fourth-order valence-electron chi connectivity index (χ4n) is 9.21. The van der Waals surface area contributed by atoms with Crippen molar-refractivity contribution in [3.05, 3.63) is 24.3 Å². The van der Waals surface area contributed by atoms with Crippen LogP contribution in [0.4, 0.5) is 0 Å². The highest BCUT2D eigenvalue weighted by atomic mass is 16.5. The Labute approximate surface area is 411 Å². The zero-order valence-corrected chi connectivity index (χ0v) is 44.4. The third kappa shape index (κ3) is 51.7. The highest BCUT2D eigenvalue weighted by molar-refractivity contribution is 5.76. The van der Waals surface area contributed by atoms with Gasteiger partial charge in [-0.15, -0.1) is 0 Å². The summed E-state index contributed by atoms with van der Waals surface area (Å²) in [6.45, 7) is 4.88. The van der Waals surface area contributed by atoms with Crippen molar-refractivity contribution < 1.29 is 24.5 Å². The molecule has 0 radical (unpaired) electrons. The van der Waals surface area contributed by atoms with Crippen molar-refractivity contribution >= 4 is 11.9 Å². The Morgan fingerprint density at radius 2 is 0.788 bits per heavy atom. The van der Waals surface area contributed by atoms with Gasteiger partial charge in [0.2, 0.25) is 5.91 Å². The Bertz CT molecular complexity index is 1030. The van der Waals surface area contributed by atoms with Crippen LogP contribution in [0.3, 0.4) is 0 Å². The summed E-state index contributed by atoms with van der Waals surface area (Å²) in [6.07, 6.45) is 67.4. The molecule has 0 aliphatic carbocycles. The number of ether oxygens (including phenoxy) is 1. The first-order valence-electron chi connectivity index (χ1n) is 29.6. The molecule has 0 aromatic heterocycles. The second-order valence-electron chi connectivity index (χ2n) is 20.3. The van der Waals surface area contributed by atoms with Gasteiger partial charge in [0.1, 0.15) is 0 Å². The van der Waals surface area contributed by atoms with Crippen LogP contribution in [0.15, 0.2) is 24.3 Å². The fourth-order valence-corrected chi connectivity index (χ4v) is 9.21. The Kier molecular flexibility index (Phi) is 54.5. The Balaban J connectivity index is 3.45. The van der Waals surface area contributed by atoms with Crippen molar-refractivity contribution in [2.45, 2.75) is 334 Å². The molecule has 0 saturated heterocycles. The molecule has 0 heterocycles. The lowest BCUT2D eigenvalue weighted by Gasteiger charge is -2.22. The first-order chi connectivity index (χ1) is 32.5. The maximum absolute atomic E-state index is 12.5. The van der Waals surface area contributed by atoms with Crippen molar-refractivity contribution in [2.75, 3.05) is 13.2 Å². The van der Waals surface area contributed by atoms with E-state index in [-0.39, 0.29) is 18.5 Å². The van der Waals surface area contributed by atoms with Gasteiger partial charge in [-0.2, -0.15) is 0 Å². The number of amides is 1. The minimum atomic E-state index is -0.674. The minimum Gasteiger partial charge on any atom is -0.466 e. The number of aliphatic hydroxyl groups excluding tert-OH is 2. The molecule has 6 nitrogen and oxygen atoms in total. The van der Waals surface area contributed by atoms with E-state index in [0.29, 0.717) is 25.9 Å². The van der Waals surface area contributed by atoms with E-state index in [1.165, 1.54) is 225 Å². The first kappa shape index (κ1) is 64.3. The molecule has 0 aliphatic rings. The topological polar surface area (TPSA) is 95.9 Å². The van der Waals surface area contributed by atoms with Crippen molar-refractivity contribution in [1.82, 2.24) is 5.32 Å². The largest absolute Gasteiger partial charge is 0.466 e. The predicted molar refractivity (Wildman–Crippen MR) is 287 cm³/mol. The summed E-state index contributed by atoms with van der Waals surface area (Å²) >= 11 is 0. The molecule has 0 aromatic carbocycles. The number of hydrogen-bond donors (Lipinski definition) is 3. The standard InChI is InChI=1S/C60H115NO5/c1-3-5-7-9-11-13-15-17-18-19-20-21-22-23-24-25-26-29-32-36-40-44-48-52-58(63)57(56-62)61-59(64)53-49-45-41-37-33-30-27-31-35-39-43-47-51-55-66-60(65)54-50-46-42-38-34-28-16-14-12-10-8-6-4-2/h8,10,14,16,57-58,62-63H,3-7,9,11-13,15,17-56H2,1-2H3,(H,61,64)/b10-8-,16-14-. The quantitative estimate of drug-likeness (QED) is 0.0321. The molecule has 0 aliphatic heterocycles. The van der Waals surface area contributed by atoms with Crippen LogP contribution in [0.1, 0.15) is 322 Å². The number of nitrogens with one attached hydrogen (secondary N) is 1. The summed E-state index contributed by atoms with van der Waals surface area (Å²) < 4.78 is 5.45. The summed E-state index contributed by atoms with van der Waals surface area (Å²) in [5, 5.41) is 23.4. The number of allylic oxidation sites excluding steroid dienone is 4. The molecule has 0 spiro atoms. The predicted octanol–water partition coefficient (Wildman–Crippen LogP) is 18.2. The second kappa shape index (κ2) is 55.9. The van der Waals surface area contributed by atoms with Gasteiger partial charge in [-0.1, -0.05) is 282 Å². The number of carbonyl (C=O) groups excluding carboxylic acids is 2. The molecule has 390 valence electrons. The molecule has 0 fully saturated rings. The van der Waals surface area contributed by atoms with Gasteiger partial charge in [0, 0.05) is 12.8 Å². The van der Waals surface area contributed by atoms with Crippen molar-refractivity contribution in [1.29, 1.82) is 0 Å². The third-order valence-corrected chi connectivity index (χ3v) is 13.7. The zero-order valence-electron chi connectivity index (χ0n) is 44.4. The molecule has 1 amide bonds. The first-order valence-corrected chi connectivity index (χ1v) is 29.6. The van der Waals surface area contributed by atoms with Crippen molar-refractivity contribution in [2.24, 2.45) is 0 Å². The van der Waals surface area contributed by atoms with Crippen LogP contribution in [0.25, 0.3) is 0 Å². The average molecular weight is 931 g/mol. The van der Waals surface area contributed by atoms with Crippen LogP contribution in [0, 0.1) is 0 Å². The monoisotopic (exact) mass is 930 g/mol. The Hall–Kier alpha value is -1.66. The maximum Gasteiger partial charge on any atom is 0.305 e. The van der Waals surface area contributed by atoms with E-state index in [4.69, 9.17) is 4.74 Å². The van der Waals surface area contributed by atoms with Crippen LogP contribution < -0.4 is 5.32 Å². The van der Waals surface area contributed by atoms with Crippen molar-refractivity contribution in [3.63, 3.8) is 0 Å². The molecule has 3 N–H and O–H groups in total. The summed E-state index contributed by atoms with van der Waals surface area (Å²) in [4.78, 5) is 24.5. The number of unbranched alkanes of at least 4 members (excludes halogenated alkanes) is 40. The smallest absolute Gasteiger partial charge is 0.305 e. The van der Waals surface area contributed by atoms with Gasteiger partial charge in [0.15, 0.2) is 0 Å². The summed E-state index contributed by atoms with van der Waals surface area (Å²) in [7, 11) is 0. The van der Waals surface area contributed by atoms with E-state index in [1.807, 2.05) is 0 Å². The highest BCUT2D eigenvalue weighted by Crippen LogP contribution is 2.18. The van der Waals surface area contributed by atoms with E-state index >= 15 is 0 Å². The highest BCUT2D eigenvalue weighted by Gasteiger charge is 2.20. The number of rotatable bonds is 55. The van der Waals surface area contributed by atoms with Crippen LogP contribution in [0.2, 0.25) is 0 Å². The molecule has 2 atom stereocenters. The lowest BCUT2D eigenvalue weighted by atomic mass is 10.0. The van der Waals surface area contributed by atoms with Gasteiger partial charge in [-0.3, -0.25) is 9.59 Å². The lowest BCUT2D eigenvalue weighted by Crippen LogP contribution is -2.45. The van der Waals surface area contributed by atoms with E-state index < -0.39 is 12.1 Å².